The number of nitrogens with zero attached hydrogens (tertiary/aromatic N) is 5. The number of H-pyrrole nitrogens is 1. The molecule has 2 N–H and O–H groups in total. The number of rotatable bonds is 3. The number of aromatic nitrogens is 3. The van der Waals surface area contributed by atoms with E-state index in [2.05, 4.69) is 31.5 Å². The Bertz CT molecular complexity index is 1160. The Labute approximate surface area is 166 Å². The summed E-state index contributed by atoms with van der Waals surface area (Å²) in [7, 11) is 0. The third kappa shape index (κ3) is 3.47. The Morgan fingerprint density at radius 2 is 2.10 bits per heavy atom. The van der Waals surface area contributed by atoms with E-state index in [4.69, 9.17) is 10.00 Å². The van der Waals surface area contributed by atoms with Crippen LogP contribution in [0.1, 0.15) is 18.1 Å². The van der Waals surface area contributed by atoms with Crippen LogP contribution >= 0.6 is 0 Å². The van der Waals surface area contributed by atoms with Gasteiger partial charge in [0.2, 0.25) is 0 Å². The van der Waals surface area contributed by atoms with Crippen LogP contribution in [0.15, 0.2) is 36.7 Å². The van der Waals surface area contributed by atoms with Gasteiger partial charge in [-0.25, -0.2) is 0 Å². The summed E-state index contributed by atoms with van der Waals surface area (Å²) in [5.41, 5.74) is 2.27. The minimum Gasteiger partial charge on any atom is -0.365 e. The van der Waals surface area contributed by atoms with Gasteiger partial charge >= 0.3 is 0 Å². The van der Waals surface area contributed by atoms with Gasteiger partial charge in [-0.1, -0.05) is 0 Å². The van der Waals surface area contributed by atoms with Gasteiger partial charge in [0.15, 0.2) is 11.9 Å². The predicted octanol–water partition coefficient (Wildman–Crippen LogP) is 1.93. The number of nitrogens with one attached hydrogen (secondary N) is 2. The van der Waals surface area contributed by atoms with Gasteiger partial charge in [-0.05, 0) is 31.2 Å². The zero-order valence-corrected chi connectivity index (χ0v) is 15.6. The lowest BCUT2D eigenvalue weighted by molar-refractivity contribution is -0.131. The first kappa shape index (κ1) is 18.4. The first-order chi connectivity index (χ1) is 14.1. The van der Waals surface area contributed by atoms with Crippen molar-refractivity contribution in [1.29, 1.82) is 10.5 Å². The van der Waals surface area contributed by atoms with Gasteiger partial charge in [0.1, 0.15) is 17.7 Å². The summed E-state index contributed by atoms with van der Waals surface area (Å²) in [5, 5.41) is 28.4. The number of pyridine rings is 1. The average molecular weight is 387 g/mol. The van der Waals surface area contributed by atoms with Crippen LogP contribution in [0.2, 0.25) is 0 Å². The van der Waals surface area contributed by atoms with E-state index in [-0.39, 0.29) is 23.4 Å². The Kier molecular flexibility index (Phi) is 4.82. The fraction of sp³-hybridized carbons (Fsp3) is 0.250. The van der Waals surface area contributed by atoms with Crippen LogP contribution < -0.4 is 10.2 Å². The van der Waals surface area contributed by atoms with Crippen LogP contribution in [-0.2, 0) is 9.53 Å². The van der Waals surface area contributed by atoms with Crippen molar-refractivity contribution in [2.45, 2.75) is 19.1 Å². The molecule has 0 aliphatic carbocycles. The van der Waals surface area contributed by atoms with Crippen LogP contribution in [0, 0.1) is 22.7 Å². The fourth-order valence-corrected chi connectivity index (χ4v) is 3.48. The quantitative estimate of drug-likeness (QED) is 0.702. The first-order valence-corrected chi connectivity index (χ1v) is 9.03. The van der Waals surface area contributed by atoms with Crippen molar-refractivity contribution in [1.82, 2.24) is 15.2 Å². The normalized spacial score (nSPS) is 18.8. The molecule has 2 atom stereocenters. The fourth-order valence-electron chi connectivity index (χ4n) is 3.48. The number of aromatic amines is 1. The summed E-state index contributed by atoms with van der Waals surface area (Å²) in [4.78, 5) is 19.1. The minimum absolute atomic E-state index is 0.180. The second kappa shape index (κ2) is 7.58. The third-order valence-corrected chi connectivity index (χ3v) is 4.76. The highest BCUT2D eigenvalue weighted by atomic mass is 16.5. The van der Waals surface area contributed by atoms with Crippen molar-refractivity contribution < 1.29 is 9.53 Å². The molecule has 9 nitrogen and oxygen atoms in total. The van der Waals surface area contributed by atoms with Crippen LogP contribution in [0.4, 0.5) is 11.5 Å². The highest BCUT2D eigenvalue weighted by molar-refractivity contribution is 5.97. The summed E-state index contributed by atoms with van der Waals surface area (Å²) < 4.78 is 5.84. The molecule has 9 heteroatoms. The molecule has 29 heavy (non-hydrogen) atoms. The number of morpholine rings is 1. The lowest BCUT2D eigenvalue weighted by atomic mass is 10.1. The zero-order valence-electron chi connectivity index (χ0n) is 15.6. The van der Waals surface area contributed by atoms with Gasteiger partial charge in [0, 0.05) is 30.0 Å². The van der Waals surface area contributed by atoms with E-state index in [9.17, 15) is 10.1 Å². The van der Waals surface area contributed by atoms with E-state index < -0.39 is 6.10 Å². The van der Waals surface area contributed by atoms with Crippen molar-refractivity contribution in [3.8, 4) is 12.1 Å². The monoisotopic (exact) mass is 387 g/mol. The van der Waals surface area contributed by atoms with Crippen molar-refractivity contribution in [2.24, 2.45) is 0 Å². The van der Waals surface area contributed by atoms with Crippen LogP contribution in [0.25, 0.3) is 10.9 Å². The van der Waals surface area contributed by atoms with Crippen molar-refractivity contribution in [3.05, 3.63) is 47.8 Å². The average Bonchev–Trinajstić information content (AvgIpc) is 3.19. The van der Waals surface area contributed by atoms with Gasteiger partial charge in [-0.3, -0.25) is 14.9 Å². The molecule has 4 rings (SSSR count). The Hall–Kier alpha value is -3.95. The number of ether oxygens (including phenoxy) is 1. The lowest BCUT2D eigenvalue weighted by Crippen LogP contribution is -2.51. The van der Waals surface area contributed by atoms with Crippen LogP contribution in [0.5, 0.6) is 0 Å². The van der Waals surface area contributed by atoms with E-state index in [1.165, 1.54) is 6.20 Å². The summed E-state index contributed by atoms with van der Waals surface area (Å²) in [5.74, 6) is -0.194. The van der Waals surface area contributed by atoms with E-state index >= 15 is 0 Å². The molecule has 0 radical (unpaired) electrons. The summed E-state index contributed by atoms with van der Waals surface area (Å²) in [6, 6.07) is 11.5. The van der Waals surface area contributed by atoms with Gasteiger partial charge in [-0.15, -0.1) is 0 Å². The SMILES string of the molecule is C[C@@H]1CN(c2ccc(C#N)c3ncccc23)C[C@H](C(=O)Nc2n[nH]cc2C#N)O1. The van der Waals surface area contributed by atoms with E-state index in [0.717, 1.165) is 11.1 Å². The Balaban J connectivity index is 1.62. The number of nitriles is 2. The van der Waals surface area contributed by atoms with Crippen LogP contribution in [0.3, 0.4) is 0 Å². The minimum atomic E-state index is -0.746. The molecule has 1 aliphatic heterocycles. The maximum absolute atomic E-state index is 12.7. The standard InChI is InChI=1S/C20H17N7O2/c1-12-10-27(16-5-4-13(7-21)18-15(16)3-2-6-23-18)11-17(29-12)20(28)25-19-14(8-22)9-24-26-19/h2-6,9,12,17H,10-11H2,1H3,(H2,24,25,26,28)/t12-,17-/m1/s1. The van der Waals surface area contributed by atoms with Crippen molar-refractivity contribution >= 4 is 28.3 Å². The van der Waals surface area contributed by atoms with E-state index in [1.807, 2.05) is 31.2 Å². The number of hydrogen-bond donors (Lipinski definition) is 2. The molecule has 2 aromatic heterocycles. The second-order valence-corrected chi connectivity index (χ2v) is 6.73. The number of anilines is 2. The number of carbonyl (C=O) groups excluding carboxylic acids is 1. The first-order valence-electron chi connectivity index (χ1n) is 9.03. The molecule has 1 amide bonds. The summed E-state index contributed by atoms with van der Waals surface area (Å²) in [6.45, 7) is 2.80. The van der Waals surface area contributed by atoms with Crippen LogP contribution in [-0.4, -0.2) is 46.4 Å². The predicted molar refractivity (Wildman–Crippen MR) is 105 cm³/mol. The maximum atomic E-state index is 12.7. The Morgan fingerprint density at radius 1 is 1.28 bits per heavy atom. The lowest BCUT2D eigenvalue weighted by Gasteiger charge is -2.37. The van der Waals surface area contributed by atoms with Gasteiger partial charge in [-0.2, -0.15) is 15.6 Å². The van der Waals surface area contributed by atoms with Crippen molar-refractivity contribution in [2.75, 3.05) is 23.3 Å². The van der Waals surface area contributed by atoms with E-state index in [0.29, 0.717) is 24.2 Å². The topological polar surface area (TPSA) is 131 Å². The summed E-state index contributed by atoms with van der Waals surface area (Å²) >= 11 is 0. The molecule has 0 saturated carbocycles. The molecular formula is C20H17N7O2. The van der Waals surface area contributed by atoms with Gasteiger partial charge in [0.25, 0.3) is 5.91 Å². The number of fused-ring (bicyclic) bond motifs is 1. The maximum Gasteiger partial charge on any atom is 0.256 e. The smallest absolute Gasteiger partial charge is 0.256 e. The third-order valence-electron chi connectivity index (χ3n) is 4.76. The highest BCUT2D eigenvalue weighted by Gasteiger charge is 2.32. The summed E-state index contributed by atoms with van der Waals surface area (Å²) in [6.07, 6.45) is 2.13. The number of carbonyl (C=O) groups is 1. The van der Waals surface area contributed by atoms with Gasteiger partial charge in [0.05, 0.1) is 23.7 Å². The zero-order chi connectivity index (χ0) is 20.4. The molecular weight excluding hydrogens is 370 g/mol. The van der Waals surface area contributed by atoms with Crippen molar-refractivity contribution in [3.63, 3.8) is 0 Å². The molecule has 1 aliphatic rings. The number of amides is 1. The molecule has 3 heterocycles. The van der Waals surface area contributed by atoms with E-state index in [1.54, 1.807) is 12.3 Å². The molecule has 0 spiro atoms. The highest BCUT2D eigenvalue weighted by Crippen LogP contribution is 2.30. The number of hydrogen-bond acceptors (Lipinski definition) is 7. The molecule has 0 bridgehead atoms. The molecule has 1 aromatic carbocycles. The molecule has 1 fully saturated rings. The molecule has 1 saturated heterocycles. The molecule has 144 valence electrons. The molecule has 3 aromatic rings. The second-order valence-electron chi connectivity index (χ2n) is 6.73. The number of benzene rings is 1. The largest absolute Gasteiger partial charge is 0.365 e. The van der Waals surface area contributed by atoms with Gasteiger partial charge < -0.3 is 15.0 Å². The molecule has 0 unspecified atom stereocenters. The Morgan fingerprint density at radius 3 is 2.90 bits per heavy atom.